The molecule has 29 heteroatoms. The number of likely N-dealkylation sites (N-methyl/N-ethyl adjacent to an activating group) is 1. The first kappa shape index (κ1) is 50.3. The van der Waals surface area contributed by atoms with Crippen LogP contribution >= 0.6 is 0 Å². The Morgan fingerprint density at radius 1 is 0.677 bits per heavy atom. The highest BCUT2D eigenvalue weighted by atomic mass is 16.8. The summed E-state index contributed by atoms with van der Waals surface area (Å²) in [5.74, 6) is -1.29. The highest BCUT2D eigenvalue weighted by Crippen LogP contribution is 2.39. The van der Waals surface area contributed by atoms with E-state index in [9.17, 15) is 71.2 Å². The minimum absolute atomic E-state index is 0.0645. The zero-order chi connectivity index (χ0) is 46.1. The molecule has 0 amide bonds. The molecule has 1 aliphatic carbocycles. The number of aliphatic imine (C=N–C) groups is 1. The fourth-order valence-electron chi connectivity index (χ4n) is 8.00. The van der Waals surface area contributed by atoms with E-state index in [0.29, 0.717) is 0 Å². The summed E-state index contributed by atoms with van der Waals surface area (Å²) < 4.78 is 45.9. The molecule has 4 saturated heterocycles. The molecule has 62 heavy (non-hydrogen) atoms. The third-order valence-corrected chi connectivity index (χ3v) is 11.6. The van der Waals surface area contributed by atoms with Crippen molar-refractivity contribution in [1.82, 2.24) is 10.6 Å². The monoisotopic (exact) mass is 905 g/mol. The maximum atomic E-state index is 12.5. The predicted molar refractivity (Wildman–Crippen MR) is 197 cm³/mol. The Hall–Kier alpha value is -2.67. The van der Waals surface area contributed by atoms with Crippen molar-refractivity contribution < 1.29 is 109 Å². The number of carbonyl (C=O) groups excluding carboxylic acids is 1. The number of carbonyl (C=O) groups is 1. The molecule has 4 aliphatic heterocycles. The average molecular weight is 906 g/mol. The Kier molecular flexibility index (Phi) is 16.8. The summed E-state index contributed by atoms with van der Waals surface area (Å²) in [6.07, 6.45) is -37.0. The molecule has 1 saturated carbocycles. The van der Waals surface area contributed by atoms with Crippen molar-refractivity contribution in [2.75, 3.05) is 26.9 Å². The number of ether oxygens (including phenoxy) is 8. The number of hydrogen-bond acceptors (Lipinski definition) is 25. The number of rotatable bonds is 15. The van der Waals surface area contributed by atoms with Crippen molar-refractivity contribution >= 4 is 18.2 Å². The molecule has 4 heterocycles. The van der Waals surface area contributed by atoms with Gasteiger partial charge in [-0.2, -0.15) is 0 Å². The van der Waals surface area contributed by atoms with Crippen molar-refractivity contribution in [3.63, 3.8) is 0 Å². The molecule has 0 aromatic carbocycles. The van der Waals surface area contributed by atoms with Crippen LogP contribution in [-0.4, -0.2) is 264 Å². The SMILES string of the molecule is CN[C@@H]1[C@H](O[C@H]2[C@H](O[C@H]3[C@H](O)[C@@H](O)[C@H](N=C(N)N)[C@@H](O)[C@@H]3NC(=N)N)O[C@@H](C)[C@]2(O)C=O)O[C@@H](CO)[C@H](O[C@@H]2O[C@H](CO[C@H]3O[C@H](CO)[C@@H](O)[C@H](O)[C@@H]3O)[C@@H](O)[C@H](O)[C@@H]2O)[C@H]1O. The Morgan fingerprint density at radius 3 is 1.81 bits per heavy atom. The Labute approximate surface area is 351 Å². The lowest BCUT2D eigenvalue weighted by Gasteiger charge is -2.48. The van der Waals surface area contributed by atoms with Gasteiger partial charge in [0.1, 0.15) is 104 Å². The summed E-state index contributed by atoms with van der Waals surface area (Å²) in [5, 5.41) is 152. The van der Waals surface area contributed by atoms with E-state index in [1.807, 2.05) is 0 Å². The van der Waals surface area contributed by atoms with Gasteiger partial charge < -0.3 is 132 Å². The lowest BCUT2D eigenvalue weighted by molar-refractivity contribution is -0.363. The quantitative estimate of drug-likeness (QED) is 0.0412. The predicted octanol–water partition coefficient (Wildman–Crippen LogP) is -12.3. The fraction of sp³-hybridized carbons (Fsp3) is 0.909. The first-order valence-electron chi connectivity index (χ1n) is 19.4. The molecule has 0 radical (unpaired) electrons. The topological polar surface area (TPSA) is 492 Å². The van der Waals surface area contributed by atoms with Gasteiger partial charge in [0.2, 0.25) is 0 Å². The number of nitrogens with one attached hydrogen (secondary N) is 3. The number of aliphatic hydroxyl groups is 13. The minimum Gasteiger partial charge on any atom is -0.394 e. The van der Waals surface area contributed by atoms with Crippen LogP contribution in [0.4, 0.5) is 0 Å². The van der Waals surface area contributed by atoms with E-state index < -0.39 is 184 Å². The van der Waals surface area contributed by atoms with Crippen molar-refractivity contribution in [3.8, 4) is 0 Å². The molecule has 5 aliphatic rings. The zero-order valence-corrected chi connectivity index (χ0v) is 33.2. The van der Waals surface area contributed by atoms with Gasteiger partial charge in [0.05, 0.1) is 38.0 Å². The van der Waals surface area contributed by atoms with Crippen LogP contribution in [0.25, 0.3) is 0 Å². The van der Waals surface area contributed by atoms with E-state index in [0.717, 1.165) is 0 Å². The van der Waals surface area contributed by atoms with Crippen LogP contribution in [0.5, 0.6) is 0 Å². The third kappa shape index (κ3) is 9.93. The van der Waals surface area contributed by atoms with Crippen LogP contribution in [0.2, 0.25) is 0 Å². The lowest BCUT2D eigenvalue weighted by Crippen LogP contribution is -2.70. The van der Waals surface area contributed by atoms with Crippen LogP contribution in [0.3, 0.4) is 0 Å². The van der Waals surface area contributed by atoms with E-state index >= 15 is 0 Å². The largest absolute Gasteiger partial charge is 0.394 e. The Balaban J connectivity index is 1.33. The summed E-state index contributed by atoms with van der Waals surface area (Å²) in [5.41, 5.74) is 13.8. The third-order valence-electron chi connectivity index (χ3n) is 11.6. The number of nitrogens with two attached hydrogens (primary N) is 3. The molecule has 0 bridgehead atoms. The van der Waals surface area contributed by atoms with Gasteiger partial charge in [0, 0.05) is 0 Å². The molecule has 0 unspecified atom stereocenters. The molecular weight excluding hydrogens is 846 g/mol. The normalized spacial score (nSPS) is 49.9. The maximum absolute atomic E-state index is 12.5. The second-order valence-electron chi connectivity index (χ2n) is 15.6. The molecule has 5 fully saturated rings. The van der Waals surface area contributed by atoms with Gasteiger partial charge in [-0.05, 0) is 14.0 Å². The molecule has 0 aromatic rings. The summed E-state index contributed by atoms with van der Waals surface area (Å²) >= 11 is 0. The van der Waals surface area contributed by atoms with E-state index in [4.69, 9.17) is 60.5 Å². The van der Waals surface area contributed by atoms with Gasteiger partial charge in [-0.25, -0.2) is 4.99 Å². The highest BCUT2D eigenvalue weighted by molar-refractivity contribution is 5.76. The van der Waals surface area contributed by atoms with E-state index in [1.165, 1.54) is 14.0 Å². The molecule has 5 rings (SSSR count). The van der Waals surface area contributed by atoms with Crippen molar-refractivity contribution in [1.29, 1.82) is 5.41 Å². The smallest absolute Gasteiger partial charge is 0.188 e. The summed E-state index contributed by atoms with van der Waals surface area (Å²) in [7, 11) is 1.32. The zero-order valence-electron chi connectivity index (χ0n) is 33.2. The Bertz CT molecular complexity index is 1530. The van der Waals surface area contributed by atoms with E-state index in [2.05, 4.69) is 15.6 Å². The first-order chi connectivity index (χ1) is 29.1. The first-order valence-corrected chi connectivity index (χ1v) is 19.4. The second-order valence-corrected chi connectivity index (χ2v) is 15.6. The highest BCUT2D eigenvalue weighted by Gasteiger charge is 2.61. The second kappa shape index (κ2) is 20.7. The molecule has 25 atom stereocenters. The summed E-state index contributed by atoms with van der Waals surface area (Å²) in [4.78, 5) is 16.2. The van der Waals surface area contributed by atoms with Crippen LogP contribution in [-0.2, 0) is 42.7 Å². The van der Waals surface area contributed by atoms with Crippen LogP contribution in [0, 0.1) is 5.41 Å². The van der Waals surface area contributed by atoms with Crippen molar-refractivity contribution in [2.24, 2.45) is 22.2 Å². The van der Waals surface area contributed by atoms with E-state index in [1.54, 1.807) is 0 Å². The lowest BCUT2D eigenvalue weighted by atomic mass is 9.81. The van der Waals surface area contributed by atoms with Gasteiger partial charge in [0.25, 0.3) is 0 Å². The van der Waals surface area contributed by atoms with Gasteiger partial charge in [0.15, 0.2) is 49.0 Å². The number of aliphatic hydroxyl groups excluding tert-OH is 12. The molecule has 22 N–H and O–H groups in total. The van der Waals surface area contributed by atoms with Gasteiger partial charge >= 0.3 is 0 Å². The van der Waals surface area contributed by atoms with E-state index in [-0.39, 0.29) is 6.29 Å². The molecule has 29 nitrogen and oxygen atoms in total. The molecule has 0 spiro atoms. The molecule has 0 aromatic heterocycles. The molecule has 358 valence electrons. The van der Waals surface area contributed by atoms with Crippen LogP contribution in [0.15, 0.2) is 4.99 Å². The van der Waals surface area contributed by atoms with Gasteiger partial charge in [-0.3, -0.25) is 10.2 Å². The minimum atomic E-state index is -2.57. The Morgan fingerprint density at radius 2 is 1.24 bits per heavy atom. The standard InChI is InChI=1S/C33H59N7O22/c1-7-33(54,6-43)26(30(56-7)61-25-12(40-32(36)37)16(46)11(39-31(34)35)17(47)21(25)51)62-27-13(38-2)18(48)24(9(4-42)58-27)60-29-23(53)20(50)15(45)10(59-29)5-55-28-22(52)19(49)14(44)8(3-41)57-28/h6-30,38,41-42,44-54H,3-5H2,1-2H3,(H4,34,35,39)(H4,36,37,40)/t7-,8+,9-,10+,11+,12-,13-,14+,15+,16+,17-,18-,19-,20-,21+,22-,23-,24-,25+,26-,27-,28-,29-,30-,33+/m0/s1. The van der Waals surface area contributed by atoms with Gasteiger partial charge in [-0.1, -0.05) is 0 Å². The average Bonchev–Trinajstić information content (AvgIpc) is 3.46. The summed E-state index contributed by atoms with van der Waals surface area (Å²) in [6, 6.07) is -4.51. The number of nitrogens with zero attached hydrogens (tertiary/aromatic N) is 1. The maximum Gasteiger partial charge on any atom is 0.188 e. The fourth-order valence-corrected chi connectivity index (χ4v) is 8.00. The van der Waals surface area contributed by atoms with Crippen molar-refractivity contribution in [3.05, 3.63) is 0 Å². The molecular formula is C33H59N7O22. The summed E-state index contributed by atoms with van der Waals surface area (Å²) in [6.45, 7) is -1.16. The van der Waals surface area contributed by atoms with Crippen LogP contribution in [0.1, 0.15) is 6.92 Å². The van der Waals surface area contributed by atoms with Crippen LogP contribution < -0.4 is 27.8 Å². The number of hydrogen-bond donors (Lipinski definition) is 19. The van der Waals surface area contributed by atoms with Gasteiger partial charge in [-0.15, -0.1) is 0 Å². The number of guanidine groups is 2. The number of aldehydes is 1. The van der Waals surface area contributed by atoms with Crippen molar-refractivity contribution in [2.45, 2.75) is 160 Å².